The van der Waals surface area contributed by atoms with Gasteiger partial charge in [-0.3, -0.25) is 9.69 Å². The number of rotatable bonds is 7. The Hall–Kier alpha value is -2.44. The van der Waals surface area contributed by atoms with Crippen LogP contribution in [0.3, 0.4) is 0 Å². The molecule has 0 atom stereocenters. The smallest absolute Gasteiger partial charge is 0.269 e. The number of nitrogens with zero attached hydrogens (tertiary/aromatic N) is 2. The number of ether oxygens (including phenoxy) is 1. The fourth-order valence-corrected chi connectivity index (χ4v) is 3.11. The lowest BCUT2D eigenvalue weighted by atomic mass is 10.0. The summed E-state index contributed by atoms with van der Waals surface area (Å²) >= 11 is 0. The van der Waals surface area contributed by atoms with Gasteiger partial charge >= 0.3 is 0 Å². The first-order chi connectivity index (χ1) is 13.1. The van der Waals surface area contributed by atoms with E-state index >= 15 is 0 Å². The third-order valence-corrected chi connectivity index (χ3v) is 4.68. The molecule has 1 saturated heterocycles. The standard InChI is InChI=1S/C21H28N4O2/c1-16(2)18-5-3-4-6-19(18)24-17-7-8-20(23-15-17)21(26)22-9-10-25-11-13-27-14-12-25/h3-8,15-16,24H,9-14H2,1-2H3,(H,22,26). The first-order valence-corrected chi connectivity index (χ1v) is 9.54. The summed E-state index contributed by atoms with van der Waals surface area (Å²) in [6, 6.07) is 11.9. The van der Waals surface area contributed by atoms with Crippen LogP contribution < -0.4 is 10.6 Å². The van der Waals surface area contributed by atoms with Crippen molar-refractivity contribution in [3.8, 4) is 0 Å². The lowest BCUT2D eigenvalue weighted by Gasteiger charge is -2.26. The van der Waals surface area contributed by atoms with Crippen molar-refractivity contribution in [2.24, 2.45) is 0 Å². The molecule has 1 aromatic carbocycles. The van der Waals surface area contributed by atoms with Crippen LogP contribution in [0, 0.1) is 0 Å². The number of carbonyl (C=O) groups is 1. The number of carbonyl (C=O) groups excluding carboxylic acids is 1. The largest absolute Gasteiger partial charge is 0.379 e. The molecule has 6 heteroatoms. The topological polar surface area (TPSA) is 66.5 Å². The molecule has 2 aromatic rings. The molecule has 0 aliphatic carbocycles. The summed E-state index contributed by atoms with van der Waals surface area (Å²) in [6.45, 7) is 9.17. The van der Waals surface area contributed by atoms with Crippen LogP contribution in [0.25, 0.3) is 0 Å². The molecule has 1 aliphatic rings. The summed E-state index contributed by atoms with van der Waals surface area (Å²) in [5, 5.41) is 6.33. The molecule has 0 spiro atoms. The van der Waals surface area contributed by atoms with E-state index in [1.807, 2.05) is 18.2 Å². The number of aromatic nitrogens is 1. The van der Waals surface area contributed by atoms with Gasteiger partial charge in [-0.1, -0.05) is 32.0 Å². The van der Waals surface area contributed by atoms with Gasteiger partial charge in [-0.15, -0.1) is 0 Å². The van der Waals surface area contributed by atoms with Gasteiger partial charge in [-0.2, -0.15) is 0 Å². The van der Waals surface area contributed by atoms with Crippen LogP contribution in [0.15, 0.2) is 42.6 Å². The maximum absolute atomic E-state index is 12.3. The van der Waals surface area contributed by atoms with Gasteiger partial charge in [-0.05, 0) is 29.7 Å². The van der Waals surface area contributed by atoms with Crippen molar-refractivity contribution in [3.63, 3.8) is 0 Å². The molecule has 0 bridgehead atoms. The Morgan fingerprint density at radius 3 is 2.67 bits per heavy atom. The molecular weight excluding hydrogens is 340 g/mol. The lowest BCUT2D eigenvalue weighted by molar-refractivity contribution is 0.0383. The molecule has 0 radical (unpaired) electrons. The minimum absolute atomic E-state index is 0.141. The maximum atomic E-state index is 12.3. The summed E-state index contributed by atoms with van der Waals surface area (Å²) in [5.74, 6) is 0.288. The van der Waals surface area contributed by atoms with Crippen LogP contribution in [0.2, 0.25) is 0 Å². The number of nitrogens with one attached hydrogen (secondary N) is 2. The zero-order valence-corrected chi connectivity index (χ0v) is 16.1. The Balaban J connectivity index is 1.53. The average molecular weight is 368 g/mol. The molecule has 3 rings (SSSR count). The van der Waals surface area contributed by atoms with E-state index in [-0.39, 0.29) is 5.91 Å². The van der Waals surface area contributed by atoms with Crippen molar-refractivity contribution in [2.45, 2.75) is 19.8 Å². The van der Waals surface area contributed by atoms with Crippen molar-refractivity contribution in [3.05, 3.63) is 53.9 Å². The monoisotopic (exact) mass is 368 g/mol. The quantitative estimate of drug-likeness (QED) is 0.786. The summed E-state index contributed by atoms with van der Waals surface area (Å²) in [7, 11) is 0. The fraction of sp³-hybridized carbons (Fsp3) is 0.429. The van der Waals surface area contributed by atoms with Crippen molar-refractivity contribution < 1.29 is 9.53 Å². The predicted molar refractivity (Wildman–Crippen MR) is 108 cm³/mol. The first kappa shape index (κ1) is 19.3. The molecule has 1 fully saturated rings. The van der Waals surface area contributed by atoms with E-state index in [9.17, 15) is 4.79 Å². The molecular formula is C21H28N4O2. The van der Waals surface area contributed by atoms with Crippen molar-refractivity contribution in [1.29, 1.82) is 0 Å². The van der Waals surface area contributed by atoms with Gasteiger partial charge in [0.2, 0.25) is 0 Å². The van der Waals surface area contributed by atoms with E-state index in [4.69, 9.17) is 4.74 Å². The number of amides is 1. The average Bonchev–Trinajstić information content (AvgIpc) is 2.69. The fourth-order valence-electron chi connectivity index (χ4n) is 3.11. The summed E-state index contributed by atoms with van der Waals surface area (Å²) in [4.78, 5) is 18.9. The minimum Gasteiger partial charge on any atom is -0.379 e. The van der Waals surface area contributed by atoms with Crippen LogP contribution in [-0.4, -0.2) is 55.2 Å². The van der Waals surface area contributed by atoms with E-state index in [0.29, 0.717) is 18.2 Å². The Kier molecular flexibility index (Phi) is 6.79. The lowest BCUT2D eigenvalue weighted by Crippen LogP contribution is -2.41. The number of para-hydroxylation sites is 1. The molecule has 2 heterocycles. The van der Waals surface area contributed by atoms with Crippen LogP contribution in [-0.2, 0) is 4.74 Å². The molecule has 2 N–H and O–H groups in total. The molecule has 0 saturated carbocycles. The molecule has 0 unspecified atom stereocenters. The third-order valence-electron chi connectivity index (χ3n) is 4.68. The minimum atomic E-state index is -0.141. The SMILES string of the molecule is CC(C)c1ccccc1Nc1ccc(C(=O)NCCN2CCOCC2)nc1. The number of pyridine rings is 1. The van der Waals surface area contributed by atoms with E-state index in [1.165, 1.54) is 5.56 Å². The van der Waals surface area contributed by atoms with Gasteiger partial charge < -0.3 is 15.4 Å². The Morgan fingerprint density at radius 1 is 1.19 bits per heavy atom. The highest BCUT2D eigenvalue weighted by Crippen LogP contribution is 2.26. The zero-order valence-electron chi connectivity index (χ0n) is 16.1. The van der Waals surface area contributed by atoms with Crippen LogP contribution >= 0.6 is 0 Å². The summed E-state index contributed by atoms with van der Waals surface area (Å²) in [6.07, 6.45) is 1.70. The molecule has 144 valence electrons. The number of hydrogen-bond acceptors (Lipinski definition) is 5. The Labute approximate surface area is 160 Å². The first-order valence-electron chi connectivity index (χ1n) is 9.54. The van der Waals surface area contributed by atoms with E-state index in [1.54, 1.807) is 12.3 Å². The summed E-state index contributed by atoms with van der Waals surface area (Å²) in [5.41, 5.74) is 3.62. The summed E-state index contributed by atoms with van der Waals surface area (Å²) < 4.78 is 5.33. The highest BCUT2D eigenvalue weighted by Gasteiger charge is 2.12. The molecule has 27 heavy (non-hydrogen) atoms. The third kappa shape index (κ3) is 5.52. The van der Waals surface area contributed by atoms with Crippen molar-refractivity contribution >= 4 is 17.3 Å². The van der Waals surface area contributed by atoms with Crippen molar-refractivity contribution in [2.75, 3.05) is 44.7 Å². The van der Waals surface area contributed by atoms with Gasteiger partial charge in [-0.25, -0.2) is 4.98 Å². The van der Waals surface area contributed by atoms with Crippen LogP contribution in [0.5, 0.6) is 0 Å². The highest BCUT2D eigenvalue weighted by atomic mass is 16.5. The van der Waals surface area contributed by atoms with E-state index < -0.39 is 0 Å². The van der Waals surface area contributed by atoms with Crippen LogP contribution in [0.4, 0.5) is 11.4 Å². The Bertz CT molecular complexity index is 740. The Morgan fingerprint density at radius 2 is 1.96 bits per heavy atom. The zero-order chi connectivity index (χ0) is 19.1. The number of anilines is 2. The second kappa shape index (κ2) is 9.48. The predicted octanol–water partition coefficient (Wildman–Crippen LogP) is 3.01. The molecule has 1 aromatic heterocycles. The van der Waals surface area contributed by atoms with Gasteiger partial charge in [0.25, 0.3) is 5.91 Å². The molecule has 1 aliphatic heterocycles. The number of hydrogen-bond donors (Lipinski definition) is 2. The molecule has 6 nitrogen and oxygen atoms in total. The van der Waals surface area contributed by atoms with Gasteiger partial charge in [0, 0.05) is 31.9 Å². The highest BCUT2D eigenvalue weighted by molar-refractivity contribution is 5.92. The van der Waals surface area contributed by atoms with Gasteiger partial charge in [0.15, 0.2) is 0 Å². The molecule has 1 amide bonds. The van der Waals surface area contributed by atoms with Gasteiger partial charge in [0.05, 0.1) is 25.1 Å². The van der Waals surface area contributed by atoms with Crippen LogP contribution in [0.1, 0.15) is 35.8 Å². The second-order valence-corrected chi connectivity index (χ2v) is 7.01. The normalized spacial score (nSPS) is 14.9. The van der Waals surface area contributed by atoms with E-state index in [0.717, 1.165) is 44.2 Å². The van der Waals surface area contributed by atoms with Gasteiger partial charge in [0.1, 0.15) is 5.69 Å². The number of benzene rings is 1. The van der Waals surface area contributed by atoms with Crippen molar-refractivity contribution in [1.82, 2.24) is 15.2 Å². The number of morpholine rings is 1. The van der Waals surface area contributed by atoms with E-state index in [2.05, 4.69) is 46.5 Å². The maximum Gasteiger partial charge on any atom is 0.269 e. The second-order valence-electron chi connectivity index (χ2n) is 7.01.